The quantitative estimate of drug-likeness (QED) is 0.749. The third-order valence-corrected chi connectivity index (χ3v) is 3.28. The van der Waals surface area contributed by atoms with Crippen molar-refractivity contribution in [3.63, 3.8) is 0 Å². The minimum atomic E-state index is 0.573. The molecule has 0 aromatic heterocycles. The summed E-state index contributed by atoms with van der Waals surface area (Å²) < 4.78 is 5.48. The molecule has 0 bridgehead atoms. The highest BCUT2D eigenvalue weighted by molar-refractivity contribution is 4.76. The molecule has 1 aliphatic rings. The van der Waals surface area contributed by atoms with Crippen LogP contribution in [0.2, 0.25) is 0 Å². The molecule has 96 valence electrons. The van der Waals surface area contributed by atoms with Crippen molar-refractivity contribution < 1.29 is 4.74 Å². The summed E-state index contributed by atoms with van der Waals surface area (Å²) in [7, 11) is 4.35. The average Bonchev–Trinajstić information content (AvgIpc) is 2.25. The van der Waals surface area contributed by atoms with Crippen LogP contribution in [-0.4, -0.2) is 50.8 Å². The number of hydrogen-bond donors (Lipinski definition) is 1. The van der Waals surface area contributed by atoms with Crippen LogP contribution in [0.3, 0.4) is 0 Å². The first-order valence-corrected chi connectivity index (χ1v) is 6.57. The highest BCUT2D eigenvalue weighted by Gasteiger charge is 2.17. The van der Waals surface area contributed by atoms with E-state index in [0.717, 1.165) is 25.7 Å². The lowest BCUT2D eigenvalue weighted by molar-refractivity contribution is 0.0674. The van der Waals surface area contributed by atoms with Crippen LogP contribution < -0.4 is 5.32 Å². The van der Waals surface area contributed by atoms with Gasteiger partial charge in [-0.2, -0.15) is 0 Å². The molecule has 0 amide bonds. The molecular formula is C13H28N2O. The molecule has 16 heavy (non-hydrogen) atoms. The number of ether oxygens (including phenoxy) is 1. The van der Waals surface area contributed by atoms with Crippen LogP contribution in [0.4, 0.5) is 0 Å². The number of likely N-dealkylation sites (N-methyl/N-ethyl adjacent to an activating group) is 1. The van der Waals surface area contributed by atoms with Gasteiger partial charge < -0.3 is 15.0 Å². The van der Waals surface area contributed by atoms with E-state index in [-0.39, 0.29) is 0 Å². The summed E-state index contributed by atoms with van der Waals surface area (Å²) in [4.78, 5) is 2.33. The summed E-state index contributed by atoms with van der Waals surface area (Å²) in [5, 5.41) is 3.64. The van der Waals surface area contributed by atoms with Crippen molar-refractivity contribution in [1.82, 2.24) is 10.2 Å². The van der Waals surface area contributed by atoms with E-state index in [2.05, 4.69) is 38.2 Å². The molecule has 0 radical (unpaired) electrons. The predicted octanol–water partition coefficient (Wildman–Crippen LogP) is 1.73. The van der Waals surface area contributed by atoms with Gasteiger partial charge in [-0.05, 0) is 39.3 Å². The molecule has 1 aliphatic heterocycles. The van der Waals surface area contributed by atoms with Crippen molar-refractivity contribution >= 4 is 0 Å². The summed E-state index contributed by atoms with van der Waals surface area (Å²) in [5.41, 5.74) is 0. The zero-order valence-corrected chi connectivity index (χ0v) is 11.3. The van der Waals surface area contributed by atoms with Gasteiger partial charge in [0.25, 0.3) is 0 Å². The fourth-order valence-corrected chi connectivity index (χ4v) is 2.23. The standard InChI is InChI=1S/C13H28N2O/c1-11(2)8-13(15(3)4)9-14-12-6-5-7-16-10-12/h11-14H,5-10H2,1-4H3. The summed E-state index contributed by atoms with van der Waals surface area (Å²) in [6.45, 7) is 7.50. The number of hydrogen-bond acceptors (Lipinski definition) is 3. The van der Waals surface area contributed by atoms with Crippen LogP contribution in [0.5, 0.6) is 0 Å². The van der Waals surface area contributed by atoms with Gasteiger partial charge in [0.2, 0.25) is 0 Å². The van der Waals surface area contributed by atoms with Crippen LogP contribution in [0.25, 0.3) is 0 Å². The zero-order valence-electron chi connectivity index (χ0n) is 11.3. The van der Waals surface area contributed by atoms with E-state index in [0.29, 0.717) is 12.1 Å². The van der Waals surface area contributed by atoms with E-state index in [4.69, 9.17) is 4.74 Å². The van der Waals surface area contributed by atoms with Gasteiger partial charge >= 0.3 is 0 Å². The molecular weight excluding hydrogens is 200 g/mol. The average molecular weight is 228 g/mol. The first kappa shape index (κ1) is 13.9. The lowest BCUT2D eigenvalue weighted by atomic mass is 10.0. The minimum Gasteiger partial charge on any atom is -0.380 e. The molecule has 2 unspecified atom stereocenters. The van der Waals surface area contributed by atoms with E-state index in [1.807, 2.05) is 0 Å². The molecule has 1 N–H and O–H groups in total. The van der Waals surface area contributed by atoms with Crippen LogP contribution in [0.1, 0.15) is 33.1 Å². The monoisotopic (exact) mass is 228 g/mol. The maximum absolute atomic E-state index is 5.48. The molecule has 0 aliphatic carbocycles. The van der Waals surface area contributed by atoms with E-state index >= 15 is 0 Å². The Labute approximate surface area is 101 Å². The Morgan fingerprint density at radius 2 is 2.12 bits per heavy atom. The third-order valence-electron chi connectivity index (χ3n) is 3.28. The highest BCUT2D eigenvalue weighted by atomic mass is 16.5. The van der Waals surface area contributed by atoms with Crippen molar-refractivity contribution in [2.45, 2.75) is 45.2 Å². The summed E-state index contributed by atoms with van der Waals surface area (Å²) in [6.07, 6.45) is 3.73. The van der Waals surface area contributed by atoms with E-state index in [1.165, 1.54) is 19.3 Å². The molecule has 0 aromatic carbocycles. The molecule has 0 saturated carbocycles. The maximum atomic E-state index is 5.48. The van der Waals surface area contributed by atoms with Crippen molar-refractivity contribution in [3.8, 4) is 0 Å². The van der Waals surface area contributed by atoms with Crippen molar-refractivity contribution in [1.29, 1.82) is 0 Å². The molecule has 3 heteroatoms. The number of rotatable bonds is 6. The lowest BCUT2D eigenvalue weighted by Gasteiger charge is -2.30. The maximum Gasteiger partial charge on any atom is 0.0619 e. The van der Waals surface area contributed by atoms with Gasteiger partial charge in [-0.1, -0.05) is 13.8 Å². The lowest BCUT2D eigenvalue weighted by Crippen LogP contribution is -2.45. The van der Waals surface area contributed by atoms with Crippen LogP contribution in [0, 0.1) is 5.92 Å². The second-order valence-electron chi connectivity index (χ2n) is 5.57. The van der Waals surface area contributed by atoms with Gasteiger partial charge in [-0.15, -0.1) is 0 Å². The first-order chi connectivity index (χ1) is 7.59. The Morgan fingerprint density at radius 3 is 2.62 bits per heavy atom. The Kier molecular flexibility index (Phi) is 6.32. The summed E-state index contributed by atoms with van der Waals surface area (Å²) in [6, 6.07) is 1.21. The van der Waals surface area contributed by atoms with Gasteiger partial charge in [-0.25, -0.2) is 0 Å². The fraction of sp³-hybridized carbons (Fsp3) is 1.00. The van der Waals surface area contributed by atoms with Crippen LogP contribution in [0.15, 0.2) is 0 Å². The molecule has 2 atom stereocenters. The van der Waals surface area contributed by atoms with Gasteiger partial charge in [0.15, 0.2) is 0 Å². The SMILES string of the molecule is CC(C)CC(CNC1CCCOC1)N(C)C. The molecule has 0 aromatic rings. The smallest absolute Gasteiger partial charge is 0.0619 e. The highest BCUT2D eigenvalue weighted by Crippen LogP contribution is 2.10. The molecule has 1 heterocycles. The Bertz CT molecular complexity index is 177. The second-order valence-corrected chi connectivity index (χ2v) is 5.57. The zero-order chi connectivity index (χ0) is 12.0. The predicted molar refractivity (Wildman–Crippen MR) is 68.8 cm³/mol. The first-order valence-electron chi connectivity index (χ1n) is 6.57. The molecule has 0 spiro atoms. The number of nitrogens with zero attached hydrogens (tertiary/aromatic N) is 1. The summed E-state index contributed by atoms with van der Waals surface area (Å²) >= 11 is 0. The molecule has 3 nitrogen and oxygen atoms in total. The molecule has 1 rings (SSSR count). The molecule has 1 saturated heterocycles. The Morgan fingerprint density at radius 1 is 1.38 bits per heavy atom. The third kappa shape index (κ3) is 5.28. The molecule has 1 fully saturated rings. The normalized spacial score (nSPS) is 24.0. The summed E-state index contributed by atoms with van der Waals surface area (Å²) in [5.74, 6) is 0.761. The largest absolute Gasteiger partial charge is 0.380 e. The minimum absolute atomic E-state index is 0.573. The van der Waals surface area contributed by atoms with Gasteiger partial charge in [-0.3, -0.25) is 0 Å². The fourth-order valence-electron chi connectivity index (χ4n) is 2.23. The second kappa shape index (κ2) is 7.25. The van der Waals surface area contributed by atoms with Crippen LogP contribution in [-0.2, 0) is 4.74 Å². The van der Waals surface area contributed by atoms with Crippen molar-refractivity contribution in [2.24, 2.45) is 5.92 Å². The van der Waals surface area contributed by atoms with Crippen molar-refractivity contribution in [3.05, 3.63) is 0 Å². The van der Waals surface area contributed by atoms with Gasteiger partial charge in [0.05, 0.1) is 6.61 Å². The van der Waals surface area contributed by atoms with Crippen molar-refractivity contribution in [2.75, 3.05) is 33.9 Å². The van der Waals surface area contributed by atoms with E-state index < -0.39 is 0 Å². The van der Waals surface area contributed by atoms with Gasteiger partial charge in [0, 0.05) is 25.2 Å². The Hall–Kier alpha value is -0.120. The van der Waals surface area contributed by atoms with E-state index in [9.17, 15) is 0 Å². The van der Waals surface area contributed by atoms with Gasteiger partial charge in [0.1, 0.15) is 0 Å². The topological polar surface area (TPSA) is 24.5 Å². The number of nitrogens with one attached hydrogen (secondary N) is 1. The Balaban J connectivity index is 2.25. The van der Waals surface area contributed by atoms with E-state index in [1.54, 1.807) is 0 Å². The van der Waals surface area contributed by atoms with Crippen LogP contribution >= 0.6 is 0 Å².